The molecule has 0 radical (unpaired) electrons. The first-order chi connectivity index (χ1) is 10.8. The smallest absolute Gasteiger partial charge is 0.331 e. The summed E-state index contributed by atoms with van der Waals surface area (Å²) in [5, 5.41) is 3.83. The summed E-state index contributed by atoms with van der Waals surface area (Å²) in [7, 11) is 0. The number of hydrogen-bond donors (Lipinski definition) is 0. The molecular weight excluding hydrogens is 282 g/mol. The quantitative estimate of drug-likeness (QED) is 0.530. The lowest BCUT2D eigenvalue weighted by atomic mass is 10.2. The van der Waals surface area contributed by atoms with Crippen LogP contribution < -0.4 is 0 Å². The fourth-order valence-corrected chi connectivity index (χ4v) is 1.84. The van der Waals surface area contributed by atoms with Crippen LogP contribution in [0, 0.1) is 0 Å². The third-order valence-corrected chi connectivity index (χ3v) is 2.90. The van der Waals surface area contributed by atoms with Gasteiger partial charge in [0.2, 0.25) is 5.76 Å². The maximum atomic E-state index is 11.6. The van der Waals surface area contributed by atoms with Crippen molar-refractivity contribution in [3.8, 4) is 11.5 Å². The number of hydrogen-bond acceptors (Lipinski definition) is 5. The SMILES string of the molecule is O=C(/C=C\c1ccccc1)OCc1cc(-c2ccco2)on1. The van der Waals surface area contributed by atoms with Crippen molar-refractivity contribution >= 4 is 12.0 Å². The number of nitrogens with zero attached hydrogens (tertiary/aromatic N) is 1. The highest BCUT2D eigenvalue weighted by molar-refractivity contribution is 5.87. The number of carbonyl (C=O) groups excluding carboxylic acids is 1. The van der Waals surface area contributed by atoms with Crippen LogP contribution in [0.15, 0.2) is 69.8 Å². The second-order valence-corrected chi connectivity index (χ2v) is 4.51. The van der Waals surface area contributed by atoms with Crippen LogP contribution in [0.4, 0.5) is 0 Å². The zero-order chi connectivity index (χ0) is 15.2. The van der Waals surface area contributed by atoms with Crippen molar-refractivity contribution in [3.05, 3.63) is 72.1 Å². The van der Waals surface area contributed by atoms with Crippen LogP contribution in [0.25, 0.3) is 17.6 Å². The summed E-state index contributed by atoms with van der Waals surface area (Å²) >= 11 is 0. The molecule has 0 aliphatic heterocycles. The van der Waals surface area contributed by atoms with Crippen LogP contribution in [0.5, 0.6) is 0 Å². The lowest BCUT2D eigenvalue weighted by Gasteiger charge is -1.97. The predicted octanol–water partition coefficient (Wildman–Crippen LogP) is 3.69. The lowest BCUT2D eigenvalue weighted by molar-refractivity contribution is -0.139. The van der Waals surface area contributed by atoms with E-state index >= 15 is 0 Å². The normalized spacial score (nSPS) is 10.9. The molecule has 3 aromatic rings. The Morgan fingerprint density at radius 1 is 1.14 bits per heavy atom. The van der Waals surface area contributed by atoms with E-state index in [-0.39, 0.29) is 6.61 Å². The Morgan fingerprint density at radius 2 is 2.00 bits per heavy atom. The fraction of sp³-hybridized carbons (Fsp3) is 0.0588. The van der Waals surface area contributed by atoms with Crippen molar-refractivity contribution in [2.45, 2.75) is 6.61 Å². The Balaban J connectivity index is 1.54. The summed E-state index contributed by atoms with van der Waals surface area (Å²) in [5.74, 6) is 0.635. The molecule has 0 fully saturated rings. The Bertz CT molecular complexity index is 757. The van der Waals surface area contributed by atoms with Gasteiger partial charge >= 0.3 is 5.97 Å². The molecule has 0 atom stereocenters. The van der Waals surface area contributed by atoms with Crippen LogP contribution in [0.1, 0.15) is 11.3 Å². The van der Waals surface area contributed by atoms with Gasteiger partial charge in [0.05, 0.1) is 6.26 Å². The minimum Gasteiger partial charge on any atom is -0.461 e. The highest BCUT2D eigenvalue weighted by atomic mass is 16.5. The second kappa shape index (κ2) is 6.58. The Morgan fingerprint density at radius 3 is 2.77 bits per heavy atom. The average Bonchev–Trinajstić information content (AvgIpc) is 3.22. The molecule has 2 heterocycles. The molecule has 0 saturated heterocycles. The van der Waals surface area contributed by atoms with Gasteiger partial charge in [-0.1, -0.05) is 35.5 Å². The monoisotopic (exact) mass is 295 g/mol. The first kappa shape index (κ1) is 13.9. The summed E-state index contributed by atoms with van der Waals surface area (Å²) in [6.07, 6.45) is 4.62. The van der Waals surface area contributed by atoms with Crippen LogP contribution in [-0.4, -0.2) is 11.1 Å². The first-order valence-electron chi connectivity index (χ1n) is 6.70. The van der Waals surface area contributed by atoms with Gasteiger partial charge in [0.15, 0.2) is 5.76 Å². The van der Waals surface area contributed by atoms with Gasteiger partial charge in [0, 0.05) is 12.1 Å². The summed E-state index contributed by atoms with van der Waals surface area (Å²) in [6.45, 7) is 0.0438. The van der Waals surface area contributed by atoms with Crippen molar-refractivity contribution in [2.75, 3.05) is 0 Å². The van der Waals surface area contributed by atoms with Crippen molar-refractivity contribution < 1.29 is 18.5 Å². The molecule has 5 heteroatoms. The van der Waals surface area contributed by atoms with E-state index in [0.29, 0.717) is 17.2 Å². The van der Waals surface area contributed by atoms with Gasteiger partial charge in [-0.15, -0.1) is 0 Å². The van der Waals surface area contributed by atoms with E-state index in [1.54, 1.807) is 30.5 Å². The van der Waals surface area contributed by atoms with Gasteiger partial charge in [0.25, 0.3) is 0 Å². The van der Waals surface area contributed by atoms with Crippen molar-refractivity contribution in [2.24, 2.45) is 0 Å². The molecule has 22 heavy (non-hydrogen) atoms. The van der Waals surface area contributed by atoms with E-state index in [0.717, 1.165) is 5.56 Å². The molecule has 0 aliphatic carbocycles. The number of carbonyl (C=O) groups is 1. The highest BCUT2D eigenvalue weighted by Gasteiger charge is 2.10. The molecule has 1 aromatic carbocycles. The first-order valence-corrected chi connectivity index (χ1v) is 6.70. The lowest BCUT2D eigenvalue weighted by Crippen LogP contribution is -2.00. The van der Waals surface area contributed by atoms with Crippen molar-refractivity contribution in [1.29, 1.82) is 0 Å². The second-order valence-electron chi connectivity index (χ2n) is 4.51. The maximum absolute atomic E-state index is 11.6. The number of rotatable bonds is 5. The highest BCUT2D eigenvalue weighted by Crippen LogP contribution is 2.20. The van der Waals surface area contributed by atoms with E-state index in [1.165, 1.54) is 6.08 Å². The summed E-state index contributed by atoms with van der Waals surface area (Å²) in [6, 6.07) is 14.7. The number of benzene rings is 1. The standard InChI is InChI=1S/C17H13NO4/c19-17(9-8-13-5-2-1-3-6-13)21-12-14-11-16(22-18-14)15-7-4-10-20-15/h1-11H,12H2/b9-8-. The molecule has 0 saturated carbocycles. The van der Waals surface area contributed by atoms with Gasteiger partial charge < -0.3 is 13.7 Å². The number of esters is 1. The van der Waals surface area contributed by atoms with E-state index in [9.17, 15) is 4.79 Å². The summed E-state index contributed by atoms with van der Waals surface area (Å²) in [4.78, 5) is 11.6. The minimum absolute atomic E-state index is 0.0438. The van der Waals surface area contributed by atoms with Gasteiger partial charge in [-0.25, -0.2) is 4.79 Å². The molecule has 0 N–H and O–H groups in total. The van der Waals surface area contributed by atoms with E-state index in [2.05, 4.69) is 5.16 Å². The Kier molecular flexibility index (Phi) is 4.15. The van der Waals surface area contributed by atoms with E-state index in [4.69, 9.17) is 13.7 Å². The summed E-state index contributed by atoms with van der Waals surface area (Å²) in [5.41, 5.74) is 1.45. The molecule has 2 aromatic heterocycles. The summed E-state index contributed by atoms with van der Waals surface area (Å²) < 4.78 is 15.4. The van der Waals surface area contributed by atoms with E-state index < -0.39 is 5.97 Å². The zero-order valence-corrected chi connectivity index (χ0v) is 11.6. The molecule has 0 bridgehead atoms. The average molecular weight is 295 g/mol. The Hall–Kier alpha value is -3.08. The predicted molar refractivity (Wildman–Crippen MR) is 79.5 cm³/mol. The van der Waals surface area contributed by atoms with Gasteiger partial charge in [-0.2, -0.15) is 0 Å². The third-order valence-electron chi connectivity index (χ3n) is 2.90. The van der Waals surface area contributed by atoms with Gasteiger partial charge in [0.1, 0.15) is 12.3 Å². The van der Waals surface area contributed by atoms with Crippen LogP contribution in [-0.2, 0) is 16.1 Å². The molecule has 0 amide bonds. The topological polar surface area (TPSA) is 65.5 Å². The van der Waals surface area contributed by atoms with Gasteiger partial charge in [-0.05, 0) is 23.8 Å². The zero-order valence-electron chi connectivity index (χ0n) is 11.6. The molecule has 5 nitrogen and oxygen atoms in total. The van der Waals surface area contributed by atoms with Crippen molar-refractivity contribution in [1.82, 2.24) is 5.16 Å². The van der Waals surface area contributed by atoms with Crippen LogP contribution in [0.2, 0.25) is 0 Å². The molecule has 3 rings (SSSR count). The minimum atomic E-state index is -0.439. The van der Waals surface area contributed by atoms with Crippen LogP contribution in [0.3, 0.4) is 0 Å². The molecule has 0 aliphatic rings. The number of ether oxygens (including phenoxy) is 1. The molecule has 0 unspecified atom stereocenters. The largest absolute Gasteiger partial charge is 0.461 e. The Labute approximate surface area is 126 Å². The fourth-order valence-electron chi connectivity index (χ4n) is 1.84. The maximum Gasteiger partial charge on any atom is 0.331 e. The number of furan rings is 1. The number of aromatic nitrogens is 1. The van der Waals surface area contributed by atoms with Crippen LogP contribution >= 0.6 is 0 Å². The van der Waals surface area contributed by atoms with Gasteiger partial charge in [-0.3, -0.25) is 0 Å². The van der Waals surface area contributed by atoms with Crippen molar-refractivity contribution in [3.63, 3.8) is 0 Å². The molecule has 110 valence electrons. The molecular formula is C17H13NO4. The third kappa shape index (κ3) is 3.52. The van der Waals surface area contributed by atoms with E-state index in [1.807, 2.05) is 30.3 Å². The molecule has 0 spiro atoms.